The van der Waals surface area contributed by atoms with Crippen LogP contribution in [0, 0.1) is 0 Å². The fourth-order valence-electron chi connectivity index (χ4n) is 5.64. The average molecular weight is 442 g/mol. The van der Waals surface area contributed by atoms with E-state index in [1.165, 1.54) is 50.9 Å². The van der Waals surface area contributed by atoms with E-state index in [0.717, 1.165) is 31.8 Å². The Morgan fingerprint density at radius 2 is 1.72 bits per heavy atom. The minimum Gasteiger partial charge on any atom is -0.483 e. The molecule has 0 spiro atoms. The number of carboxylic acid groups (broad SMARTS) is 1. The summed E-state index contributed by atoms with van der Waals surface area (Å²) in [5.41, 5.74) is 4.59. The van der Waals surface area contributed by atoms with Crippen LogP contribution in [0.4, 0.5) is 5.69 Å². The van der Waals surface area contributed by atoms with E-state index in [4.69, 9.17) is 9.90 Å². The molecule has 8 heteroatoms. The van der Waals surface area contributed by atoms with Gasteiger partial charge in [-0.25, -0.2) is 0 Å². The minimum atomic E-state index is -0.250. The molecule has 0 radical (unpaired) electrons. The van der Waals surface area contributed by atoms with E-state index in [1.54, 1.807) is 11.1 Å². The van der Waals surface area contributed by atoms with Crippen molar-refractivity contribution in [3.05, 3.63) is 41.0 Å². The summed E-state index contributed by atoms with van der Waals surface area (Å²) >= 11 is 0. The van der Waals surface area contributed by atoms with Crippen LogP contribution in [0.25, 0.3) is 0 Å². The van der Waals surface area contributed by atoms with E-state index in [9.17, 15) is 5.11 Å². The molecule has 0 atom stereocenters. The highest BCUT2D eigenvalue weighted by atomic mass is 16.3. The van der Waals surface area contributed by atoms with E-state index in [2.05, 4.69) is 38.2 Å². The van der Waals surface area contributed by atoms with Gasteiger partial charge in [-0.3, -0.25) is 4.79 Å². The Balaban J connectivity index is 0.000000775. The van der Waals surface area contributed by atoms with E-state index in [1.807, 2.05) is 11.6 Å². The largest absolute Gasteiger partial charge is 0.483 e. The number of aryl methyl sites for hydroxylation is 2. The molecule has 2 aromatic rings. The SMILES string of the molecule is Cn1c(CO)nnc1C1CCN(C2CCN(c3ccc4c(c3)CCC4)CC2)CC1.O=CO. The minimum absolute atomic E-state index is 0.0366. The fraction of sp³-hybridized carbons (Fsp3) is 0.625. The molecule has 174 valence electrons. The standard InChI is InChI=1S/C23H33N5O.CH2O2/c1-26-22(16-29)24-25-23(26)18-7-11-27(12-8-18)20-9-13-28(14-10-20)21-6-5-17-3-2-4-19(17)15-21;2-1-3/h5-6,15,18,20,29H,2-4,7-14,16H2,1H3;1H,(H,2,3). The van der Waals surface area contributed by atoms with Crippen LogP contribution in [-0.2, 0) is 31.3 Å². The summed E-state index contributed by atoms with van der Waals surface area (Å²) in [6.45, 7) is 4.36. The second-order valence-corrected chi connectivity index (χ2v) is 9.13. The number of aromatic nitrogens is 3. The molecule has 0 saturated carbocycles. The molecule has 1 aromatic heterocycles. The molecule has 3 aliphatic rings. The number of anilines is 1. The molecule has 2 N–H and O–H groups in total. The zero-order valence-corrected chi connectivity index (χ0v) is 19.0. The van der Waals surface area contributed by atoms with Crippen molar-refractivity contribution in [3.8, 4) is 0 Å². The van der Waals surface area contributed by atoms with Crippen molar-refractivity contribution < 1.29 is 15.0 Å². The fourth-order valence-corrected chi connectivity index (χ4v) is 5.64. The molecule has 0 unspecified atom stereocenters. The number of hydrogen-bond acceptors (Lipinski definition) is 6. The van der Waals surface area contributed by atoms with Gasteiger partial charge < -0.3 is 24.6 Å². The van der Waals surface area contributed by atoms with Crippen LogP contribution in [0.2, 0.25) is 0 Å². The van der Waals surface area contributed by atoms with Crippen molar-refractivity contribution in [2.45, 2.75) is 63.5 Å². The maximum absolute atomic E-state index is 9.36. The van der Waals surface area contributed by atoms with Crippen molar-refractivity contribution >= 4 is 12.2 Å². The molecule has 1 aliphatic carbocycles. The third kappa shape index (κ3) is 4.81. The number of benzene rings is 1. The average Bonchev–Trinajstić information content (AvgIpc) is 3.45. The van der Waals surface area contributed by atoms with Gasteiger partial charge in [0.15, 0.2) is 5.82 Å². The van der Waals surface area contributed by atoms with Crippen LogP contribution < -0.4 is 4.90 Å². The second-order valence-electron chi connectivity index (χ2n) is 9.13. The smallest absolute Gasteiger partial charge is 0.290 e. The lowest BCUT2D eigenvalue weighted by molar-refractivity contribution is -0.122. The number of aliphatic hydroxyl groups is 1. The van der Waals surface area contributed by atoms with Gasteiger partial charge in [0, 0.05) is 37.8 Å². The Bertz CT molecular complexity index is 899. The molecule has 3 heterocycles. The number of carbonyl (C=O) groups is 1. The predicted octanol–water partition coefficient (Wildman–Crippen LogP) is 2.35. The summed E-state index contributed by atoms with van der Waals surface area (Å²) in [4.78, 5) is 13.7. The van der Waals surface area contributed by atoms with Gasteiger partial charge in [0.05, 0.1) is 0 Å². The molecule has 5 rings (SSSR count). The van der Waals surface area contributed by atoms with E-state index in [0.29, 0.717) is 17.8 Å². The van der Waals surface area contributed by atoms with Gasteiger partial charge in [0.2, 0.25) is 0 Å². The summed E-state index contributed by atoms with van der Waals surface area (Å²) in [6, 6.07) is 7.88. The van der Waals surface area contributed by atoms with Crippen molar-refractivity contribution in [2.75, 3.05) is 31.1 Å². The molecular weight excluding hydrogens is 406 g/mol. The lowest BCUT2D eigenvalue weighted by Crippen LogP contribution is -2.47. The number of piperidine rings is 2. The van der Waals surface area contributed by atoms with Gasteiger partial charge in [-0.05, 0) is 81.3 Å². The number of fused-ring (bicyclic) bond motifs is 1. The van der Waals surface area contributed by atoms with E-state index in [-0.39, 0.29) is 13.1 Å². The first-order valence-electron chi connectivity index (χ1n) is 11.8. The third-order valence-corrected chi connectivity index (χ3v) is 7.46. The summed E-state index contributed by atoms with van der Waals surface area (Å²) in [6.07, 6.45) is 8.67. The topological polar surface area (TPSA) is 94.7 Å². The van der Waals surface area contributed by atoms with Gasteiger partial charge in [-0.2, -0.15) is 0 Å². The number of aliphatic hydroxyl groups excluding tert-OH is 1. The van der Waals surface area contributed by atoms with Crippen molar-refractivity contribution in [1.82, 2.24) is 19.7 Å². The second kappa shape index (κ2) is 10.4. The molecular formula is C24H35N5O3. The predicted molar refractivity (Wildman–Crippen MR) is 123 cm³/mol. The van der Waals surface area contributed by atoms with Crippen LogP contribution in [0.5, 0.6) is 0 Å². The summed E-state index contributed by atoms with van der Waals surface area (Å²) in [5, 5.41) is 24.7. The van der Waals surface area contributed by atoms with Crippen LogP contribution in [0.15, 0.2) is 18.2 Å². The Kier molecular flexibility index (Phi) is 7.42. The first-order chi connectivity index (χ1) is 15.6. The molecule has 0 amide bonds. The van der Waals surface area contributed by atoms with Gasteiger partial charge in [-0.15, -0.1) is 10.2 Å². The summed E-state index contributed by atoms with van der Waals surface area (Å²) in [5.74, 6) is 2.18. The van der Waals surface area contributed by atoms with Gasteiger partial charge in [0.1, 0.15) is 12.4 Å². The van der Waals surface area contributed by atoms with Gasteiger partial charge in [0.25, 0.3) is 6.47 Å². The maximum atomic E-state index is 9.36. The highest BCUT2D eigenvalue weighted by molar-refractivity contribution is 5.52. The molecule has 0 bridgehead atoms. The van der Waals surface area contributed by atoms with Crippen LogP contribution in [0.1, 0.15) is 60.8 Å². The monoisotopic (exact) mass is 441 g/mol. The van der Waals surface area contributed by atoms with Crippen LogP contribution >= 0.6 is 0 Å². The van der Waals surface area contributed by atoms with Gasteiger partial charge in [-0.1, -0.05) is 6.07 Å². The Morgan fingerprint density at radius 3 is 2.38 bits per heavy atom. The first-order valence-corrected chi connectivity index (χ1v) is 11.8. The van der Waals surface area contributed by atoms with Crippen LogP contribution in [0.3, 0.4) is 0 Å². The molecule has 1 aromatic carbocycles. The summed E-state index contributed by atoms with van der Waals surface area (Å²) in [7, 11) is 1.97. The Labute approximate surface area is 189 Å². The lowest BCUT2D eigenvalue weighted by Gasteiger charge is -2.42. The van der Waals surface area contributed by atoms with Crippen LogP contribution in [-0.4, -0.2) is 68.6 Å². The quantitative estimate of drug-likeness (QED) is 0.703. The highest BCUT2D eigenvalue weighted by Gasteiger charge is 2.30. The molecule has 2 aliphatic heterocycles. The number of hydrogen-bond donors (Lipinski definition) is 2. The number of likely N-dealkylation sites (tertiary alicyclic amines) is 1. The van der Waals surface area contributed by atoms with Gasteiger partial charge >= 0.3 is 0 Å². The van der Waals surface area contributed by atoms with Crippen molar-refractivity contribution in [1.29, 1.82) is 0 Å². The van der Waals surface area contributed by atoms with Crippen molar-refractivity contribution in [2.24, 2.45) is 7.05 Å². The molecule has 2 saturated heterocycles. The van der Waals surface area contributed by atoms with Crippen molar-refractivity contribution in [3.63, 3.8) is 0 Å². The Hall–Kier alpha value is -2.45. The van der Waals surface area contributed by atoms with E-state index >= 15 is 0 Å². The molecule has 8 nitrogen and oxygen atoms in total. The summed E-state index contributed by atoms with van der Waals surface area (Å²) < 4.78 is 1.98. The Morgan fingerprint density at radius 1 is 1.03 bits per heavy atom. The first kappa shape index (κ1) is 22.7. The maximum Gasteiger partial charge on any atom is 0.290 e. The molecule has 32 heavy (non-hydrogen) atoms. The third-order valence-electron chi connectivity index (χ3n) is 7.46. The zero-order chi connectivity index (χ0) is 22.5. The highest BCUT2D eigenvalue weighted by Crippen LogP contribution is 2.32. The lowest BCUT2D eigenvalue weighted by atomic mass is 9.92. The van der Waals surface area contributed by atoms with E-state index < -0.39 is 0 Å². The normalized spacial score (nSPS) is 20.0. The zero-order valence-electron chi connectivity index (χ0n) is 19.0. The molecule has 2 fully saturated rings. The number of rotatable bonds is 4. The number of nitrogens with zero attached hydrogens (tertiary/aromatic N) is 5.